The standard InChI is InChI=1S/C52H58N4O13/c1-27-13-11-14-28(2)50(63)55-40-41(56-20-23-66-24-21-56)46(61)37-38(45(40)60)44(59)32(6)48-39(37)49(62)52(7,69-48)67-22-18-36(65-8)29(3)47(31(5)43(58)30(4)42(27)57)68-51(64)53-19-12-15-33-25-34-16-9-10-17-35(34)54-26-33/h9-11,13-14,16-18,22,25-27,29-31,36,42-43,47,57-59H,19-21,23-24H2,1-8H3,(H,53,64)(H,55,63)/b13-11+,22-18+,28-14-/t27-,29+,30+,31+,36-,42-,43+,47+,52-/m0/s1. The number of allylic oxidation sites excluding steroid dienone is 4. The second-order valence-corrected chi connectivity index (χ2v) is 18.0. The Morgan fingerprint density at radius 2 is 1.70 bits per heavy atom. The number of phenols is 1. The molecule has 1 aliphatic carbocycles. The van der Waals surface area contributed by atoms with Crippen molar-refractivity contribution in [3.05, 3.63) is 112 Å². The molecule has 0 unspecified atom stereocenters. The van der Waals surface area contributed by atoms with Gasteiger partial charge in [0.25, 0.3) is 11.7 Å². The van der Waals surface area contributed by atoms with Gasteiger partial charge in [0, 0.05) is 79.1 Å². The number of Topliss-reactive ketones (excluding diaryl/α,β-unsaturated/α-hetero) is 3. The fourth-order valence-corrected chi connectivity index (χ4v) is 9.14. The van der Waals surface area contributed by atoms with Gasteiger partial charge in [0.15, 0.2) is 0 Å². The molecule has 5 N–H and O–H groups in total. The molecule has 1 fully saturated rings. The first-order chi connectivity index (χ1) is 32.9. The van der Waals surface area contributed by atoms with Crippen molar-refractivity contribution in [2.45, 2.75) is 78.7 Å². The van der Waals surface area contributed by atoms with Gasteiger partial charge in [0.1, 0.15) is 29.0 Å². The van der Waals surface area contributed by atoms with Crippen LogP contribution >= 0.6 is 0 Å². The highest BCUT2D eigenvalue weighted by molar-refractivity contribution is 6.32. The number of aliphatic hydroxyl groups excluding tert-OH is 2. The lowest BCUT2D eigenvalue weighted by atomic mass is 9.78. The summed E-state index contributed by atoms with van der Waals surface area (Å²) in [5.74, 6) is -3.12. The van der Waals surface area contributed by atoms with Crippen LogP contribution in [0.2, 0.25) is 0 Å². The molecule has 1 aromatic heterocycles. The fourth-order valence-electron chi connectivity index (χ4n) is 9.14. The third kappa shape index (κ3) is 10.0. The number of aromatic hydroxyl groups is 1. The van der Waals surface area contributed by atoms with Gasteiger partial charge in [-0.15, -0.1) is 0 Å². The fraction of sp³-hybridized carbons (Fsp3) is 0.423. The lowest BCUT2D eigenvalue weighted by Crippen LogP contribution is -2.47. The number of para-hydroxylation sites is 1. The first-order valence-electron chi connectivity index (χ1n) is 22.9. The number of carbonyl (C=O) groups is 5. The SMILES string of the molecule is CO[C@H]1/C=C/O[C@@]2(C)Oc3c(C)c(O)c4c(c3C2=O)C(=O)C(N2CCOCC2)=C(NC(=O)/C(C)=C\C=C\[C@H](C)[C@H](O)[C@@H](C)[C@@H](O)[C@@H](C)[C@H](OC(=O)NCC#Cc2cnc3ccccc3c2)[C@@H]1C)C4=O. The predicted octanol–water partition coefficient (Wildman–Crippen LogP) is 5.05. The zero-order valence-electron chi connectivity index (χ0n) is 39.8. The third-order valence-electron chi connectivity index (χ3n) is 13.3. The summed E-state index contributed by atoms with van der Waals surface area (Å²) in [6, 6.07) is 9.51. The van der Waals surface area contributed by atoms with Gasteiger partial charge in [-0.05, 0) is 32.1 Å². The molecule has 4 aliphatic heterocycles. The van der Waals surface area contributed by atoms with Crippen LogP contribution in [0.25, 0.3) is 10.9 Å². The number of benzene rings is 2. The summed E-state index contributed by atoms with van der Waals surface area (Å²) >= 11 is 0. The van der Waals surface area contributed by atoms with Crippen molar-refractivity contribution in [1.82, 2.24) is 20.5 Å². The first kappa shape index (κ1) is 50.0. The van der Waals surface area contributed by atoms with E-state index in [-0.39, 0.29) is 66.7 Å². The highest BCUT2D eigenvalue weighted by atomic mass is 16.7. The minimum absolute atomic E-state index is 0.0156. The Kier molecular flexibility index (Phi) is 15.1. The molecule has 5 heterocycles. The molecule has 1 saturated heterocycles. The van der Waals surface area contributed by atoms with Crippen LogP contribution in [0.4, 0.5) is 4.79 Å². The molecule has 8 rings (SSSR count). The molecule has 9 atom stereocenters. The van der Waals surface area contributed by atoms with Crippen LogP contribution in [0.15, 0.2) is 84.1 Å². The summed E-state index contributed by atoms with van der Waals surface area (Å²) in [4.78, 5) is 77.2. The van der Waals surface area contributed by atoms with Crippen molar-refractivity contribution in [2.24, 2.45) is 23.7 Å². The number of aliphatic hydroxyl groups is 2. The maximum Gasteiger partial charge on any atom is 0.408 e. The van der Waals surface area contributed by atoms with E-state index < -0.39 is 100 Å². The normalized spacial score (nSPS) is 29.5. The van der Waals surface area contributed by atoms with E-state index in [0.29, 0.717) is 5.56 Å². The summed E-state index contributed by atoms with van der Waals surface area (Å²) in [6.45, 7) is 11.8. The lowest BCUT2D eigenvalue weighted by molar-refractivity contribution is -0.116. The molecule has 0 saturated carbocycles. The minimum Gasteiger partial charge on any atom is -0.507 e. The van der Waals surface area contributed by atoms with Gasteiger partial charge >= 0.3 is 11.9 Å². The zero-order valence-corrected chi connectivity index (χ0v) is 39.8. The van der Waals surface area contributed by atoms with Crippen LogP contribution in [0.3, 0.4) is 0 Å². The molecule has 69 heavy (non-hydrogen) atoms. The van der Waals surface area contributed by atoms with E-state index in [1.54, 1.807) is 50.9 Å². The number of methoxy groups -OCH3 is 1. The maximum atomic E-state index is 14.8. The molecule has 17 nitrogen and oxygen atoms in total. The Morgan fingerprint density at radius 1 is 0.971 bits per heavy atom. The van der Waals surface area contributed by atoms with E-state index in [9.17, 15) is 39.3 Å². The highest BCUT2D eigenvalue weighted by Gasteiger charge is 2.53. The van der Waals surface area contributed by atoms with Crippen LogP contribution in [-0.4, -0.2) is 125 Å². The van der Waals surface area contributed by atoms with Crippen molar-refractivity contribution in [3.63, 3.8) is 0 Å². The van der Waals surface area contributed by atoms with E-state index in [1.165, 1.54) is 46.3 Å². The van der Waals surface area contributed by atoms with Crippen molar-refractivity contribution < 1.29 is 63.0 Å². The number of amides is 2. The third-order valence-corrected chi connectivity index (χ3v) is 13.3. The molecule has 17 heteroatoms. The molecule has 2 amide bonds. The number of fused-ring (bicyclic) bond motifs is 15. The number of ketones is 3. The van der Waals surface area contributed by atoms with Gasteiger partial charge in [-0.1, -0.05) is 76.0 Å². The summed E-state index contributed by atoms with van der Waals surface area (Å²) in [7, 11) is 1.42. The topological polar surface area (TPSA) is 232 Å². The van der Waals surface area contributed by atoms with Crippen LogP contribution in [0.1, 0.15) is 83.7 Å². The van der Waals surface area contributed by atoms with Gasteiger partial charge in [0.05, 0.1) is 66.5 Å². The largest absolute Gasteiger partial charge is 0.507 e. The molecule has 364 valence electrons. The van der Waals surface area contributed by atoms with Gasteiger partial charge in [0.2, 0.25) is 11.6 Å². The van der Waals surface area contributed by atoms with Gasteiger partial charge in [-0.3, -0.25) is 24.2 Å². The van der Waals surface area contributed by atoms with Crippen molar-refractivity contribution >= 4 is 40.3 Å². The first-order valence-corrected chi connectivity index (χ1v) is 22.9. The molecule has 2 aromatic carbocycles. The number of aromatic nitrogens is 1. The second-order valence-electron chi connectivity index (χ2n) is 18.0. The number of ether oxygens (including phenoxy) is 5. The van der Waals surface area contributed by atoms with Crippen LogP contribution < -0.4 is 15.4 Å². The maximum absolute atomic E-state index is 14.8. The van der Waals surface area contributed by atoms with E-state index in [1.807, 2.05) is 30.3 Å². The Hall–Kier alpha value is -6.84. The number of hydrogen-bond acceptors (Lipinski definition) is 15. The van der Waals surface area contributed by atoms with Gasteiger partial charge in [-0.2, -0.15) is 0 Å². The van der Waals surface area contributed by atoms with E-state index in [0.717, 1.165) is 10.9 Å². The molecule has 5 bridgehead atoms. The number of rotatable bonds is 4. The lowest BCUT2D eigenvalue weighted by Gasteiger charge is -2.38. The number of hydrogen-bond donors (Lipinski definition) is 5. The average molecular weight is 947 g/mol. The Bertz CT molecular complexity index is 2740. The number of nitrogens with zero attached hydrogens (tertiary/aromatic N) is 2. The number of carbonyl (C=O) groups excluding carboxylic acids is 5. The Morgan fingerprint density at radius 3 is 2.42 bits per heavy atom. The molecular formula is C52H58N4O13. The summed E-state index contributed by atoms with van der Waals surface area (Å²) in [6.07, 6.45) is 3.80. The van der Waals surface area contributed by atoms with Crippen LogP contribution in [0, 0.1) is 42.4 Å². The zero-order chi connectivity index (χ0) is 49.9. The van der Waals surface area contributed by atoms with Crippen molar-refractivity contribution in [3.8, 4) is 23.3 Å². The molecule has 0 radical (unpaired) electrons. The summed E-state index contributed by atoms with van der Waals surface area (Å²) in [5.41, 5.74) is -0.109. The van der Waals surface area contributed by atoms with E-state index in [2.05, 4.69) is 27.5 Å². The van der Waals surface area contributed by atoms with E-state index >= 15 is 0 Å². The van der Waals surface area contributed by atoms with Crippen LogP contribution in [-0.2, 0) is 23.7 Å². The minimum atomic E-state index is -2.12. The Balaban J connectivity index is 1.23. The second kappa shape index (κ2) is 20.8. The predicted molar refractivity (Wildman–Crippen MR) is 252 cm³/mol. The van der Waals surface area contributed by atoms with Crippen molar-refractivity contribution in [2.75, 3.05) is 40.0 Å². The monoisotopic (exact) mass is 946 g/mol. The number of phenolic OH excluding ortho intramolecular Hbond substituents is 1. The van der Waals surface area contributed by atoms with Crippen LogP contribution in [0.5, 0.6) is 11.5 Å². The number of nitrogens with one attached hydrogen (secondary N) is 2. The molecule has 3 aromatic rings. The number of alkyl carbamates (subject to hydrolysis) is 1. The number of morpholine rings is 1. The molecule has 0 spiro atoms. The van der Waals surface area contributed by atoms with E-state index in [4.69, 9.17) is 23.7 Å². The quantitative estimate of drug-likeness (QED) is 0.216. The molecular weight excluding hydrogens is 889 g/mol. The average Bonchev–Trinajstić information content (AvgIpc) is 3.61. The smallest absolute Gasteiger partial charge is 0.408 e. The molecule has 5 aliphatic rings. The summed E-state index contributed by atoms with van der Waals surface area (Å²) in [5, 5.41) is 41.2. The van der Waals surface area contributed by atoms with Crippen molar-refractivity contribution in [1.29, 1.82) is 0 Å². The van der Waals surface area contributed by atoms with Gasteiger partial charge in [-0.25, -0.2) is 4.79 Å². The summed E-state index contributed by atoms with van der Waals surface area (Å²) < 4.78 is 29.6. The van der Waals surface area contributed by atoms with Gasteiger partial charge < -0.3 is 54.5 Å². The Labute approximate surface area is 400 Å². The highest BCUT2D eigenvalue weighted by Crippen LogP contribution is 2.49. The number of pyridine rings is 1.